The number of aromatic nitrogens is 2. The van der Waals surface area contributed by atoms with Gasteiger partial charge in [0.05, 0.1) is 17.6 Å². The summed E-state index contributed by atoms with van der Waals surface area (Å²) in [5.41, 5.74) is 0.489. The molecule has 0 aliphatic heterocycles. The van der Waals surface area contributed by atoms with Crippen LogP contribution in [-0.4, -0.2) is 15.7 Å². The van der Waals surface area contributed by atoms with Crippen LogP contribution in [0.25, 0.3) is 10.8 Å². The van der Waals surface area contributed by atoms with Crippen molar-refractivity contribution in [1.29, 1.82) is 0 Å². The number of fused-ring (bicyclic) bond motifs is 1. The fourth-order valence-corrected chi connectivity index (χ4v) is 1.83. The maximum absolute atomic E-state index is 11.9. The van der Waals surface area contributed by atoms with Gasteiger partial charge in [0.15, 0.2) is 0 Å². The lowest BCUT2D eigenvalue weighted by Gasteiger charge is -2.07. The zero-order valence-electron chi connectivity index (χ0n) is 10.7. The summed E-state index contributed by atoms with van der Waals surface area (Å²) in [6.45, 7) is 1.83. The number of amides is 1. The summed E-state index contributed by atoms with van der Waals surface area (Å²) in [4.78, 5) is 23.2. The molecule has 0 radical (unpaired) electrons. The highest BCUT2D eigenvalue weighted by molar-refractivity contribution is 5.93. The van der Waals surface area contributed by atoms with Crippen molar-refractivity contribution in [3.05, 3.63) is 40.3 Å². The molecule has 0 unspecified atom stereocenters. The monoisotopic (exact) mass is 255 g/mol. The van der Waals surface area contributed by atoms with Gasteiger partial charge in [-0.2, -0.15) is 5.10 Å². The Bertz CT molecular complexity index is 751. The zero-order valence-corrected chi connectivity index (χ0v) is 10.7. The summed E-state index contributed by atoms with van der Waals surface area (Å²) in [5.74, 6) is 4.56. The highest BCUT2D eigenvalue weighted by Crippen LogP contribution is 2.12. The second-order valence-corrected chi connectivity index (χ2v) is 3.98. The van der Waals surface area contributed by atoms with Gasteiger partial charge in [0, 0.05) is 12.4 Å². The second kappa shape index (κ2) is 5.36. The second-order valence-electron chi connectivity index (χ2n) is 3.98. The smallest absolute Gasteiger partial charge is 0.296 e. The molecule has 5 nitrogen and oxygen atoms in total. The molecular formula is C14H13N3O2. The minimum absolute atomic E-state index is 0.154. The molecule has 0 atom stereocenters. The fraction of sp³-hybridized carbons (Fsp3) is 0.214. The van der Waals surface area contributed by atoms with E-state index in [2.05, 4.69) is 22.3 Å². The molecule has 1 amide bonds. The number of hydrogen-bond acceptors (Lipinski definition) is 3. The van der Waals surface area contributed by atoms with Crippen molar-refractivity contribution in [3.63, 3.8) is 0 Å². The Kier molecular flexibility index (Phi) is 3.62. The molecule has 2 aromatic rings. The molecule has 0 spiro atoms. The molecule has 96 valence electrons. The van der Waals surface area contributed by atoms with Crippen LogP contribution in [-0.2, 0) is 18.4 Å². The molecular weight excluding hydrogens is 242 g/mol. The van der Waals surface area contributed by atoms with Crippen LogP contribution in [0.2, 0.25) is 0 Å². The van der Waals surface area contributed by atoms with Gasteiger partial charge < -0.3 is 5.32 Å². The van der Waals surface area contributed by atoms with Gasteiger partial charge in [0.2, 0.25) is 0 Å². The first-order valence-corrected chi connectivity index (χ1v) is 5.79. The Morgan fingerprint density at radius 2 is 2.05 bits per heavy atom. The number of aryl methyl sites for hydroxylation is 1. The third-order valence-corrected chi connectivity index (χ3v) is 2.69. The van der Waals surface area contributed by atoms with Crippen molar-refractivity contribution in [2.45, 2.75) is 13.5 Å². The van der Waals surface area contributed by atoms with Crippen LogP contribution in [0.3, 0.4) is 0 Å². The minimum Gasteiger partial charge on any atom is -0.340 e. The van der Waals surface area contributed by atoms with Gasteiger partial charge >= 0.3 is 0 Å². The fourth-order valence-electron chi connectivity index (χ4n) is 1.83. The van der Waals surface area contributed by atoms with Crippen LogP contribution >= 0.6 is 0 Å². The summed E-state index contributed by atoms with van der Waals surface area (Å²) in [6, 6.07) is 7.20. The summed E-state index contributed by atoms with van der Waals surface area (Å²) < 4.78 is 1.27. The van der Waals surface area contributed by atoms with Crippen LogP contribution in [0.4, 0.5) is 0 Å². The Balaban J connectivity index is 2.43. The van der Waals surface area contributed by atoms with Crippen LogP contribution in [0.15, 0.2) is 29.1 Å². The predicted molar refractivity (Wildman–Crippen MR) is 72.3 cm³/mol. The Morgan fingerprint density at radius 3 is 2.74 bits per heavy atom. The average molecular weight is 255 g/mol. The van der Waals surface area contributed by atoms with Crippen molar-refractivity contribution in [3.8, 4) is 11.8 Å². The van der Waals surface area contributed by atoms with Gasteiger partial charge in [-0.15, -0.1) is 0 Å². The quantitative estimate of drug-likeness (QED) is 0.798. The lowest BCUT2D eigenvalue weighted by atomic mass is 10.1. The van der Waals surface area contributed by atoms with Gasteiger partial charge in [0.25, 0.3) is 11.5 Å². The largest absolute Gasteiger partial charge is 0.340 e. The number of carbonyl (C=O) groups is 1. The molecule has 1 aromatic heterocycles. The third-order valence-electron chi connectivity index (χ3n) is 2.69. The van der Waals surface area contributed by atoms with E-state index in [-0.39, 0.29) is 18.0 Å². The highest BCUT2D eigenvalue weighted by Gasteiger charge is 2.08. The van der Waals surface area contributed by atoms with E-state index in [1.165, 1.54) is 4.68 Å². The predicted octanol–water partition coefficient (Wildman–Crippen LogP) is 0.573. The molecule has 0 bridgehead atoms. The Labute approximate surface area is 110 Å². The number of nitrogens with zero attached hydrogens (tertiary/aromatic N) is 2. The van der Waals surface area contributed by atoms with Crippen molar-refractivity contribution in [1.82, 2.24) is 15.1 Å². The number of hydrogen-bond donors (Lipinski definition) is 1. The maximum Gasteiger partial charge on any atom is 0.296 e. The molecule has 1 N–H and O–H groups in total. The maximum atomic E-state index is 11.9. The van der Waals surface area contributed by atoms with Crippen molar-refractivity contribution >= 4 is 16.7 Å². The average Bonchev–Trinajstić information content (AvgIpc) is 2.42. The number of carbonyl (C=O) groups excluding carboxylic acids is 1. The standard InChI is InChI=1S/C14H13N3O2/c1-3-6-13(18)15-9-12-10-7-4-5-8-11(10)14(19)17(2)16-12/h4-5,7-8H,9H2,1-2H3,(H,15,18). The van der Waals surface area contributed by atoms with Gasteiger partial charge in [-0.1, -0.05) is 24.1 Å². The van der Waals surface area contributed by atoms with Crippen molar-refractivity contribution in [2.75, 3.05) is 0 Å². The molecule has 0 aliphatic carbocycles. The molecule has 19 heavy (non-hydrogen) atoms. The van der Waals surface area contributed by atoms with Gasteiger partial charge in [-0.3, -0.25) is 9.59 Å². The van der Waals surface area contributed by atoms with Gasteiger partial charge in [-0.25, -0.2) is 4.68 Å². The minimum atomic E-state index is -0.359. The lowest BCUT2D eigenvalue weighted by molar-refractivity contribution is -0.115. The normalized spacial score (nSPS) is 9.79. The molecule has 5 heteroatoms. The van der Waals surface area contributed by atoms with E-state index < -0.39 is 0 Å². The summed E-state index contributed by atoms with van der Waals surface area (Å²) in [6.07, 6.45) is 0. The summed E-state index contributed by atoms with van der Waals surface area (Å²) in [5, 5.41) is 8.16. The van der Waals surface area contributed by atoms with E-state index in [0.29, 0.717) is 11.1 Å². The highest BCUT2D eigenvalue weighted by atomic mass is 16.1. The van der Waals surface area contributed by atoms with E-state index in [9.17, 15) is 9.59 Å². The topological polar surface area (TPSA) is 64.0 Å². The first kappa shape index (κ1) is 12.8. The molecule has 0 fully saturated rings. The van der Waals surface area contributed by atoms with E-state index in [1.54, 1.807) is 26.1 Å². The number of benzene rings is 1. The Hall–Kier alpha value is -2.61. The zero-order chi connectivity index (χ0) is 13.8. The first-order chi connectivity index (χ1) is 9.13. The van der Waals surface area contributed by atoms with Gasteiger partial charge in [0.1, 0.15) is 0 Å². The molecule has 0 saturated carbocycles. The van der Waals surface area contributed by atoms with Crippen molar-refractivity contribution < 1.29 is 4.79 Å². The van der Waals surface area contributed by atoms with Crippen LogP contribution in [0, 0.1) is 11.8 Å². The summed E-state index contributed by atoms with van der Waals surface area (Å²) in [7, 11) is 1.59. The molecule has 1 aromatic carbocycles. The van der Waals surface area contributed by atoms with Gasteiger partial charge in [-0.05, 0) is 18.9 Å². The van der Waals surface area contributed by atoms with Crippen LogP contribution < -0.4 is 10.9 Å². The molecule has 0 saturated heterocycles. The number of nitrogens with one attached hydrogen (secondary N) is 1. The Morgan fingerprint density at radius 1 is 1.37 bits per heavy atom. The third kappa shape index (κ3) is 2.63. The number of rotatable bonds is 2. The molecule has 1 heterocycles. The van der Waals surface area contributed by atoms with Crippen LogP contribution in [0.5, 0.6) is 0 Å². The SMILES string of the molecule is CC#CC(=O)NCc1nn(C)c(=O)c2ccccc12. The van der Waals surface area contributed by atoms with Crippen LogP contribution in [0.1, 0.15) is 12.6 Å². The lowest BCUT2D eigenvalue weighted by Crippen LogP contribution is -2.26. The van der Waals surface area contributed by atoms with E-state index in [0.717, 1.165) is 5.39 Å². The van der Waals surface area contributed by atoms with Crippen molar-refractivity contribution in [2.24, 2.45) is 7.05 Å². The summed E-state index contributed by atoms with van der Waals surface area (Å²) >= 11 is 0. The van der Waals surface area contributed by atoms with E-state index in [4.69, 9.17) is 0 Å². The first-order valence-electron chi connectivity index (χ1n) is 5.79. The van der Waals surface area contributed by atoms with E-state index in [1.807, 2.05) is 12.1 Å². The molecule has 0 aliphatic rings. The molecule has 2 rings (SSSR count). The van der Waals surface area contributed by atoms with E-state index >= 15 is 0 Å².